The van der Waals surface area contributed by atoms with Gasteiger partial charge >= 0.3 is 0 Å². The second-order valence-electron chi connectivity index (χ2n) is 8.23. The largest absolute Gasteiger partial charge is 0.399 e. The second-order valence-corrected chi connectivity index (χ2v) is 8.23. The Morgan fingerprint density at radius 2 is 1.13 bits per heavy atom. The molecule has 0 spiro atoms. The van der Waals surface area contributed by atoms with Crippen LogP contribution in [0, 0.1) is 23.3 Å². The van der Waals surface area contributed by atoms with E-state index in [0.717, 1.165) is 12.1 Å². The number of nitrogen functional groups attached to an aromatic ring is 2. The van der Waals surface area contributed by atoms with Crippen LogP contribution >= 0.6 is 0 Å². The summed E-state index contributed by atoms with van der Waals surface area (Å²) in [6.45, 7) is 0.0883. The van der Waals surface area contributed by atoms with E-state index in [1.54, 1.807) is 48.5 Å². The zero-order chi connectivity index (χ0) is 28.4. The zero-order valence-electron chi connectivity index (χ0n) is 20.7. The molecule has 0 aliphatic heterocycles. The van der Waals surface area contributed by atoms with E-state index in [9.17, 15) is 17.6 Å². The van der Waals surface area contributed by atoms with Crippen LogP contribution in [0.25, 0.3) is 0 Å². The van der Waals surface area contributed by atoms with Gasteiger partial charge in [-0.15, -0.1) is 0 Å². The Hall–Kier alpha value is -4.90. The van der Waals surface area contributed by atoms with Gasteiger partial charge in [-0.2, -0.15) is 0 Å². The number of nitrogens with one attached hydrogen (secondary N) is 1. The summed E-state index contributed by atoms with van der Waals surface area (Å²) < 4.78 is 52.4. The van der Waals surface area contributed by atoms with E-state index >= 15 is 0 Å². The fraction of sp³-hybridized carbons (Fsp3) is 0.0714. The predicted molar refractivity (Wildman–Crippen MR) is 147 cm³/mol. The molecule has 0 amide bonds. The van der Waals surface area contributed by atoms with E-state index in [2.05, 4.69) is 15.4 Å². The molecule has 11 heteroatoms. The third-order valence-electron chi connectivity index (χ3n) is 5.38. The lowest BCUT2D eigenvalue weighted by Gasteiger charge is -2.05. The third kappa shape index (κ3) is 8.58. The number of nitrogens with two attached hydrogens (primary N) is 4. The molecule has 39 heavy (non-hydrogen) atoms. The number of amidine groups is 2. The van der Waals surface area contributed by atoms with Crippen LogP contribution in [0.5, 0.6) is 0 Å². The van der Waals surface area contributed by atoms with Crippen molar-refractivity contribution in [1.29, 1.82) is 0 Å². The molecule has 4 aromatic carbocycles. The van der Waals surface area contributed by atoms with E-state index in [1.807, 2.05) is 0 Å². The third-order valence-corrected chi connectivity index (χ3v) is 5.38. The number of hydrazine groups is 1. The van der Waals surface area contributed by atoms with Gasteiger partial charge in [0.1, 0.15) is 34.9 Å². The number of aliphatic imine (C=N–C) groups is 2. The van der Waals surface area contributed by atoms with Crippen molar-refractivity contribution in [2.24, 2.45) is 27.3 Å². The van der Waals surface area contributed by atoms with E-state index < -0.39 is 23.3 Å². The van der Waals surface area contributed by atoms with Gasteiger partial charge in [-0.05, 0) is 36.4 Å². The molecular formula is C28H27F4N7. The smallest absolute Gasteiger partial charge is 0.131 e. The molecule has 0 aliphatic carbocycles. The van der Waals surface area contributed by atoms with Gasteiger partial charge in [0.05, 0.1) is 13.1 Å². The van der Waals surface area contributed by atoms with Gasteiger partial charge in [-0.25, -0.2) is 17.6 Å². The van der Waals surface area contributed by atoms with Crippen molar-refractivity contribution in [2.75, 3.05) is 11.2 Å². The molecule has 0 saturated heterocycles. The molecule has 0 fully saturated rings. The Morgan fingerprint density at radius 3 is 1.59 bits per heavy atom. The van der Waals surface area contributed by atoms with Gasteiger partial charge in [0.25, 0.3) is 0 Å². The van der Waals surface area contributed by atoms with Gasteiger partial charge in [0, 0.05) is 45.8 Å². The number of nitrogens with zero attached hydrogens (tertiary/aromatic N) is 2. The lowest BCUT2D eigenvalue weighted by molar-refractivity contribution is 0.572. The first-order chi connectivity index (χ1) is 18.7. The standard InChI is InChI=1S/C14H14F2N4.C14H13F2N3/c15-11-5-4-10(13(16)7-11)8-19-14(17)9-2-1-3-12(6-9)20-18;15-11-5-4-10(13(16)7-11)8-19-14(18)9-2-1-3-12(17)6-9/h1-7,20H,8,18H2,(H2,17,19);1-7H,8,17H2,(H2,18,19). The minimum Gasteiger partial charge on any atom is -0.399 e. The van der Waals surface area contributed by atoms with Gasteiger partial charge in [0.2, 0.25) is 0 Å². The van der Waals surface area contributed by atoms with Gasteiger partial charge in [-0.3, -0.25) is 15.8 Å². The fourth-order valence-electron chi connectivity index (χ4n) is 3.29. The average molecular weight is 538 g/mol. The van der Waals surface area contributed by atoms with Crippen LogP contribution in [-0.4, -0.2) is 11.7 Å². The summed E-state index contributed by atoms with van der Waals surface area (Å²) >= 11 is 0. The summed E-state index contributed by atoms with van der Waals surface area (Å²) in [6.07, 6.45) is 0. The van der Waals surface area contributed by atoms with Crippen LogP contribution in [0.15, 0.2) is 94.9 Å². The maximum atomic E-state index is 13.4. The molecule has 0 saturated carbocycles. The van der Waals surface area contributed by atoms with Crippen LogP contribution in [0.4, 0.5) is 28.9 Å². The highest BCUT2D eigenvalue weighted by Crippen LogP contribution is 2.14. The Balaban J connectivity index is 0.000000216. The molecule has 4 rings (SSSR count). The van der Waals surface area contributed by atoms with Gasteiger partial charge in [-0.1, -0.05) is 36.4 Å². The molecule has 202 valence electrons. The summed E-state index contributed by atoms with van der Waals surface area (Å²) in [4.78, 5) is 8.17. The van der Waals surface area contributed by atoms with Crippen LogP contribution in [-0.2, 0) is 13.1 Å². The van der Waals surface area contributed by atoms with E-state index in [1.165, 1.54) is 24.3 Å². The lowest BCUT2D eigenvalue weighted by Crippen LogP contribution is -2.15. The Kier molecular flexibility index (Phi) is 9.99. The maximum absolute atomic E-state index is 13.4. The lowest BCUT2D eigenvalue weighted by atomic mass is 10.2. The Bertz CT molecular complexity index is 1490. The predicted octanol–water partition coefficient (Wildman–Crippen LogP) is 4.61. The fourth-order valence-corrected chi connectivity index (χ4v) is 3.29. The van der Waals surface area contributed by atoms with Crippen molar-refractivity contribution in [3.8, 4) is 0 Å². The number of anilines is 2. The van der Waals surface area contributed by atoms with Crippen molar-refractivity contribution in [2.45, 2.75) is 13.1 Å². The number of hydrogen-bond donors (Lipinski definition) is 5. The summed E-state index contributed by atoms with van der Waals surface area (Å²) in [6, 6.07) is 20.7. The second kappa shape index (κ2) is 13.6. The molecule has 0 heterocycles. The molecule has 0 aliphatic rings. The number of halogens is 4. The highest BCUT2D eigenvalue weighted by Gasteiger charge is 2.06. The van der Waals surface area contributed by atoms with Crippen molar-refractivity contribution in [1.82, 2.24) is 0 Å². The quantitative estimate of drug-likeness (QED) is 0.0585. The molecule has 0 radical (unpaired) electrons. The minimum absolute atomic E-state index is 0.0399. The highest BCUT2D eigenvalue weighted by molar-refractivity contribution is 5.98. The Labute approximate surface area is 222 Å². The molecule has 0 aromatic heterocycles. The van der Waals surface area contributed by atoms with Crippen LogP contribution in [0.3, 0.4) is 0 Å². The van der Waals surface area contributed by atoms with Gasteiger partial charge in [0.15, 0.2) is 0 Å². The maximum Gasteiger partial charge on any atom is 0.131 e. The first kappa shape index (κ1) is 28.7. The van der Waals surface area contributed by atoms with E-state index in [0.29, 0.717) is 22.5 Å². The first-order valence-electron chi connectivity index (χ1n) is 11.6. The van der Waals surface area contributed by atoms with E-state index in [-0.39, 0.29) is 35.9 Å². The number of hydrogen-bond acceptors (Lipinski definition) is 5. The van der Waals surface area contributed by atoms with Crippen LogP contribution in [0.1, 0.15) is 22.3 Å². The molecular weight excluding hydrogens is 510 g/mol. The minimum atomic E-state index is -0.640. The highest BCUT2D eigenvalue weighted by atomic mass is 19.1. The summed E-state index contributed by atoms with van der Waals surface area (Å²) in [5.41, 5.74) is 22.9. The average Bonchev–Trinajstić information content (AvgIpc) is 2.92. The molecule has 0 atom stereocenters. The monoisotopic (exact) mass is 537 g/mol. The summed E-state index contributed by atoms with van der Waals surface area (Å²) in [5, 5.41) is 0. The van der Waals surface area contributed by atoms with E-state index in [4.69, 9.17) is 23.0 Å². The zero-order valence-corrected chi connectivity index (χ0v) is 20.7. The SMILES string of the molecule is NC(=NCc1ccc(F)cc1F)c1cccc(N)c1.NNc1cccc(C(N)=NCc2ccc(F)cc2F)c1. The number of benzene rings is 4. The Morgan fingerprint density at radius 1 is 0.641 bits per heavy atom. The summed E-state index contributed by atoms with van der Waals surface area (Å²) in [5.74, 6) is 3.31. The van der Waals surface area contributed by atoms with Crippen LogP contribution < -0.4 is 28.5 Å². The van der Waals surface area contributed by atoms with Crippen LogP contribution in [0.2, 0.25) is 0 Å². The number of rotatable bonds is 7. The van der Waals surface area contributed by atoms with Crippen molar-refractivity contribution >= 4 is 23.0 Å². The van der Waals surface area contributed by atoms with Crippen molar-refractivity contribution in [3.05, 3.63) is 130 Å². The first-order valence-corrected chi connectivity index (χ1v) is 11.6. The van der Waals surface area contributed by atoms with Crippen molar-refractivity contribution < 1.29 is 17.6 Å². The van der Waals surface area contributed by atoms with Crippen molar-refractivity contribution in [3.63, 3.8) is 0 Å². The van der Waals surface area contributed by atoms with Gasteiger partial charge < -0.3 is 22.6 Å². The molecule has 7 nitrogen and oxygen atoms in total. The summed E-state index contributed by atoms with van der Waals surface area (Å²) in [7, 11) is 0. The molecule has 9 N–H and O–H groups in total. The normalized spacial score (nSPS) is 11.5. The topological polar surface area (TPSA) is 141 Å². The molecule has 0 unspecified atom stereocenters. The molecule has 4 aromatic rings. The molecule has 0 bridgehead atoms.